The van der Waals surface area contributed by atoms with E-state index in [0.717, 1.165) is 25.9 Å². The van der Waals surface area contributed by atoms with E-state index in [1.165, 1.54) is 6.61 Å². The van der Waals surface area contributed by atoms with Gasteiger partial charge in [-0.15, -0.1) is 0 Å². The van der Waals surface area contributed by atoms with Crippen molar-refractivity contribution in [1.29, 1.82) is 0 Å². The molecule has 1 atom stereocenters. The van der Waals surface area contributed by atoms with Gasteiger partial charge in [-0.1, -0.05) is 0 Å². The van der Waals surface area contributed by atoms with Gasteiger partial charge in [0.15, 0.2) is 6.61 Å². The third kappa shape index (κ3) is 2.35. The van der Waals surface area contributed by atoms with E-state index < -0.39 is 0 Å². The van der Waals surface area contributed by atoms with Gasteiger partial charge in [-0.2, -0.15) is 0 Å². The first-order chi connectivity index (χ1) is 4.93. The SMILES string of the molecule is O=CO[CH]C1CCCCO1. The third-order valence-corrected chi connectivity index (χ3v) is 1.50. The van der Waals surface area contributed by atoms with E-state index in [0.29, 0.717) is 6.47 Å². The summed E-state index contributed by atoms with van der Waals surface area (Å²) in [6.45, 7) is 2.65. The average molecular weight is 143 g/mol. The molecule has 3 nitrogen and oxygen atoms in total. The molecule has 1 radical (unpaired) electrons. The molecule has 1 aliphatic heterocycles. The highest BCUT2D eigenvalue weighted by atomic mass is 16.6. The number of ether oxygens (including phenoxy) is 2. The van der Waals surface area contributed by atoms with Gasteiger partial charge in [-0.25, -0.2) is 0 Å². The van der Waals surface area contributed by atoms with E-state index >= 15 is 0 Å². The molecule has 0 aromatic carbocycles. The average Bonchev–Trinajstić information content (AvgIpc) is 2.03. The molecule has 0 bridgehead atoms. The number of carbonyl (C=O) groups excluding carboxylic acids is 1. The van der Waals surface area contributed by atoms with Crippen molar-refractivity contribution >= 4 is 6.47 Å². The summed E-state index contributed by atoms with van der Waals surface area (Å²) in [5, 5.41) is 0. The first kappa shape index (κ1) is 7.54. The Kier molecular flexibility index (Phi) is 3.22. The number of hydrogen-bond donors (Lipinski definition) is 0. The Balaban J connectivity index is 2.07. The maximum atomic E-state index is 9.74. The molecule has 0 aromatic heterocycles. The van der Waals surface area contributed by atoms with Crippen molar-refractivity contribution in [2.45, 2.75) is 25.4 Å². The van der Waals surface area contributed by atoms with Crippen molar-refractivity contribution in [1.82, 2.24) is 0 Å². The van der Waals surface area contributed by atoms with Gasteiger partial charge < -0.3 is 9.47 Å². The van der Waals surface area contributed by atoms with Crippen molar-refractivity contribution in [2.75, 3.05) is 6.61 Å². The molecular formula is C7H11O3. The minimum atomic E-state index is 0.0268. The van der Waals surface area contributed by atoms with Gasteiger partial charge in [0.2, 0.25) is 0 Å². The fourth-order valence-corrected chi connectivity index (χ4v) is 0.993. The van der Waals surface area contributed by atoms with Crippen LogP contribution in [0.4, 0.5) is 0 Å². The van der Waals surface area contributed by atoms with Crippen LogP contribution in [0.15, 0.2) is 0 Å². The molecule has 1 saturated heterocycles. The Morgan fingerprint density at radius 1 is 1.50 bits per heavy atom. The highest BCUT2D eigenvalue weighted by Crippen LogP contribution is 2.14. The van der Waals surface area contributed by atoms with Crippen LogP contribution in [0, 0.1) is 6.61 Å². The van der Waals surface area contributed by atoms with Crippen molar-refractivity contribution in [3.05, 3.63) is 6.61 Å². The molecule has 1 rings (SSSR count). The van der Waals surface area contributed by atoms with Gasteiger partial charge in [0, 0.05) is 6.61 Å². The van der Waals surface area contributed by atoms with Crippen LogP contribution in [0.3, 0.4) is 0 Å². The summed E-state index contributed by atoms with van der Waals surface area (Å²) in [6, 6.07) is 0. The standard InChI is InChI=1S/C7H11O3/c8-6-9-5-7-3-1-2-4-10-7/h5-7H,1-4H2. The molecule has 1 aliphatic rings. The lowest BCUT2D eigenvalue weighted by Crippen LogP contribution is -2.20. The minimum absolute atomic E-state index is 0.0268. The monoisotopic (exact) mass is 143 g/mol. The first-order valence-electron chi connectivity index (χ1n) is 3.47. The van der Waals surface area contributed by atoms with Crippen LogP contribution < -0.4 is 0 Å². The zero-order valence-corrected chi connectivity index (χ0v) is 5.79. The van der Waals surface area contributed by atoms with Crippen LogP contribution in [0.25, 0.3) is 0 Å². The van der Waals surface area contributed by atoms with E-state index in [1.807, 2.05) is 0 Å². The quantitative estimate of drug-likeness (QED) is 0.550. The van der Waals surface area contributed by atoms with Crippen LogP contribution in [-0.4, -0.2) is 19.2 Å². The van der Waals surface area contributed by atoms with Gasteiger partial charge in [-0.3, -0.25) is 4.79 Å². The van der Waals surface area contributed by atoms with Crippen molar-refractivity contribution in [3.63, 3.8) is 0 Å². The molecule has 0 aliphatic carbocycles. The topological polar surface area (TPSA) is 35.5 Å². The molecule has 57 valence electrons. The van der Waals surface area contributed by atoms with E-state index in [2.05, 4.69) is 4.74 Å². The summed E-state index contributed by atoms with van der Waals surface area (Å²) in [4.78, 5) is 9.74. The molecule has 0 saturated carbocycles. The van der Waals surface area contributed by atoms with Gasteiger partial charge >= 0.3 is 0 Å². The van der Waals surface area contributed by atoms with Crippen molar-refractivity contribution < 1.29 is 14.3 Å². The van der Waals surface area contributed by atoms with Crippen molar-refractivity contribution in [3.8, 4) is 0 Å². The Labute approximate surface area is 60.3 Å². The normalized spacial score (nSPS) is 25.8. The summed E-state index contributed by atoms with van der Waals surface area (Å²) in [7, 11) is 0. The number of carbonyl (C=O) groups is 1. The van der Waals surface area contributed by atoms with E-state index in [-0.39, 0.29) is 6.10 Å². The molecule has 0 N–H and O–H groups in total. The van der Waals surface area contributed by atoms with Crippen LogP contribution in [0.2, 0.25) is 0 Å². The molecule has 10 heavy (non-hydrogen) atoms. The largest absolute Gasteiger partial charge is 0.458 e. The lowest BCUT2D eigenvalue weighted by molar-refractivity contribution is -0.128. The van der Waals surface area contributed by atoms with E-state index in [4.69, 9.17) is 4.74 Å². The highest BCUT2D eigenvalue weighted by Gasteiger charge is 2.14. The fourth-order valence-electron chi connectivity index (χ4n) is 0.993. The number of rotatable bonds is 3. The summed E-state index contributed by atoms with van der Waals surface area (Å²) in [5.74, 6) is 0. The van der Waals surface area contributed by atoms with Crippen LogP contribution >= 0.6 is 0 Å². The second-order valence-corrected chi connectivity index (χ2v) is 2.27. The molecule has 0 aromatic rings. The van der Waals surface area contributed by atoms with E-state index in [9.17, 15) is 4.79 Å². The van der Waals surface area contributed by atoms with Gasteiger partial charge in [0.05, 0.1) is 6.10 Å². The predicted octanol–water partition coefficient (Wildman–Crippen LogP) is 0.890. The molecular weight excluding hydrogens is 132 g/mol. The zero-order chi connectivity index (χ0) is 7.23. The second kappa shape index (κ2) is 4.28. The Hall–Kier alpha value is -0.570. The lowest BCUT2D eigenvalue weighted by Gasteiger charge is -2.20. The highest BCUT2D eigenvalue weighted by molar-refractivity contribution is 5.37. The Morgan fingerprint density at radius 2 is 2.40 bits per heavy atom. The number of hydrogen-bond acceptors (Lipinski definition) is 3. The van der Waals surface area contributed by atoms with Crippen LogP contribution in [0.5, 0.6) is 0 Å². The molecule has 1 unspecified atom stereocenters. The van der Waals surface area contributed by atoms with Crippen LogP contribution in [0.1, 0.15) is 19.3 Å². The van der Waals surface area contributed by atoms with E-state index in [1.54, 1.807) is 0 Å². The molecule has 1 heterocycles. The fraction of sp³-hybridized carbons (Fsp3) is 0.714. The Morgan fingerprint density at radius 3 is 3.00 bits per heavy atom. The van der Waals surface area contributed by atoms with Crippen molar-refractivity contribution in [2.24, 2.45) is 0 Å². The summed E-state index contributed by atoms with van der Waals surface area (Å²) >= 11 is 0. The minimum Gasteiger partial charge on any atom is -0.458 e. The second-order valence-electron chi connectivity index (χ2n) is 2.27. The molecule has 1 fully saturated rings. The summed E-state index contributed by atoms with van der Waals surface area (Å²) in [6.07, 6.45) is 3.27. The van der Waals surface area contributed by atoms with Crippen LogP contribution in [-0.2, 0) is 14.3 Å². The first-order valence-corrected chi connectivity index (χ1v) is 3.47. The molecule has 0 amide bonds. The van der Waals surface area contributed by atoms with Gasteiger partial charge in [0.25, 0.3) is 6.47 Å². The maximum Gasteiger partial charge on any atom is 0.293 e. The summed E-state index contributed by atoms with van der Waals surface area (Å²) < 4.78 is 9.68. The maximum absolute atomic E-state index is 9.74. The third-order valence-electron chi connectivity index (χ3n) is 1.50. The lowest BCUT2D eigenvalue weighted by atomic mass is 10.1. The molecule has 3 heteroatoms. The zero-order valence-electron chi connectivity index (χ0n) is 5.79. The summed E-state index contributed by atoms with van der Waals surface area (Å²) in [5.41, 5.74) is 0. The van der Waals surface area contributed by atoms with Gasteiger partial charge in [0.1, 0.15) is 0 Å². The Bertz CT molecular complexity index is 97.0. The smallest absolute Gasteiger partial charge is 0.293 e. The molecule has 0 spiro atoms. The predicted molar refractivity (Wildman–Crippen MR) is 35.0 cm³/mol. The van der Waals surface area contributed by atoms with Gasteiger partial charge in [-0.05, 0) is 19.3 Å².